The third kappa shape index (κ3) is 5.23. The number of nitriles is 1. The van der Waals surface area contributed by atoms with Gasteiger partial charge in [-0.2, -0.15) is 5.26 Å². The number of nitrogens with one attached hydrogen (secondary N) is 2. The van der Waals surface area contributed by atoms with Crippen molar-refractivity contribution in [3.63, 3.8) is 0 Å². The normalized spacial score (nSPS) is 18.7. The quantitative estimate of drug-likeness (QED) is 0.388. The van der Waals surface area contributed by atoms with Crippen LogP contribution in [0.15, 0.2) is 36.5 Å². The second-order valence-electron chi connectivity index (χ2n) is 10.7. The molecule has 0 saturated heterocycles. The molecule has 2 aliphatic heterocycles. The monoisotopic (exact) mass is 512 g/mol. The molecule has 2 aromatic carbocycles. The van der Waals surface area contributed by atoms with E-state index in [0.717, 1.165) is 67.0 Å². The highest BCUT2D eigenvalue weighted by Crippen LogP contribution is 2.41. The van der Waals surface area contributed by atoms with Gasteiger partial charge in [0.25, 0.3) is 0 Å². The Morgan fingerprint density at radius 3 is 2.74 bits per heavy atom. The molecule has 0 radical (unpaired) electrons. The fraction of sp³-hybridized carbons (Fsp3) is 0.433. The number of nitrogens with zero attached hydrogens (tertiary/aromatic N) is 4. The number of aryl methyl sites for hydroxylation is 1. The van der Waals surface area contributed by atoms with Crippen LogP contribution in [-0.4, -0.2) is 67.0 Å². The Kier molecular flexibility index (Phi) is 7.61. The standard InChI is InChI=1S/C30H36N6O2/c1-30(19-37)18-33-28-24(17-31)14-23(15-25(28)30)26-6-9-32-29(34-26)35-27-16-21-8-11-36(2)10-7-20(21)13-22(27)5-4-12-38-3/h6,9,13-16,33,37H,4-5,7-8,10-12,18-19H2,1-3H3,(H,32,34,35)/t30-/m1/s1. The number of benzene rings is 2. The number of methoxy groups -OCH3 is 1. The van der Waals surface area contributed by atoms with E-state index >= 15 is 0 Å². The number of fused-ring (bicyclic) bond motifs is 2. The maximum Gasteiger partial charge on any atom is 0.227 e. The van der Waals surface area contributed by atoms with Crippen molar-refractivity contribution in [2.45, 2.75) is 38.0 Å². The van der Waals surface area contributed by atoms with Gasteiger partial charge in [-0.05, 0) is 79.3 Å². The summed E-state index contributed by atoms with van der Waals surface area (Å²) < 4.78 is 5.31. The molecule has 0 bridgehead atoms. The molecule has 2 aliphatic rings. The lowest BCUT2D eigenvalue weighted by Gasteiger charge is -2.21. The first kappa shape index (κ1) is 26.1. The summed E-state index contributed by atoms with van der Waals surface area (Å²) in [6.07, 6.45) is 5.66. The van der Waals surface area contributed by atoms with Crippen molar-refractivity contribution in [2.75, 3.05) is 57.6 Å². The lowest BCUT2D eigenvalue weighted by molar-refractivity contribution is 0.195. The smallest absolute Gasteiger partial charge is 0.227 e. The van der Waals surface area contributed by atoms with Crippen LogP contribution < -0.4 is 10.6 Å². The predicted molar refractivity (Wildman–Crippen MR) is 150 cm³/mol. The van der Waals surface area contributed by atoms with Crippen molar-refractivity contribution in [1.82, 2.24) is 14.9 Å². The predicted octanol–water partition coefficient (Wildman–Crippen LogP) is 4.04. The fourth-order valence-electron chi connectivity index (χ4n) is 5.43. The van der Waals surface area contributed by atoms with Gasteiger partial charge in [-0.25, -0.2) is 9.97 Å². The molecule has 0 amide bonds. The second-order valence-corrected chi connectivity index (χ2v) is 10.7. The summed E-state index contributed by atoms with van der Waals surface area (Å²) >= 11 is 0. The Labute approximate surface area is 224 Å². The van der Waals surface area contributed by atoms with Gasteiger partial charge >= 0.3 is 0 Å². The SMILES string of the molecule is COCCCc1cc2c(cc1Nc1nccc(-c3cc(C#N)c4c(c3)[C@@](C)(CO)CN4)n1)CCN(C)CC2. The molecule has 8 nitrogen and oxygen atoms in total. The van der Waals surface area contributed by atoms with Crippen molar-refractivity contribution in [2.24, 2.45) is 0 Å². The lowest BCUT2D eigenvalue weighted by Crippen LogP contribution is -2.28. The third-order valence-electron chi connectivity index (χ3n) is 7.86. The highest BCUT2D eigenvalue weighted by molar-refractivity contribution is 5.76. The van der Waals surface area contributed by atoms with Crippen molar-refractivity contribution >= 4 is 17.3 Å². The minimum atomic E-state index is -0.446. The molecular formula is C30H36N6O2. The van der Waals surface area contributed by atoms with Crippen LogP contribution in [0.25, 0.3) is 11.3 Å². The van der Waals surface area contributed by atoms with Gasteiger partial charge in [0.15, 0.2) is 0 Å². The zero-order valence-electron chi connectivity index (χ0n) is 22.5. The van der Waals surface area contributed by atoms with E-state index in [1.165, 1.54) is 16.7 Å². The zero-order chi connectivity index (χ0) is 26.7. The van der Waals surface area contributed by atoms with E-state index in [4.69, 9.17) is 9.72 Å². The second kappa shape index (κ2) is 11.1. The molecule has 0 unspecified atom stereocenters. The van der Waals surface area contributed by atoms with Gasteiger partial charge in [0.05, 0.1) is 23.6 Å². The average molecular weight is 513 g/mol. The van der Waals surface area contributed by atoms with Crippen LogP contribution in [0.1, 0.15) is 41.2 Å². The molecule has 1 aromatic heterocycles. The number of rotatable bonds is 8. The molecular weight excluding hydrogens is 476 g/mol. The summed E-state index contributed by atoms with van der Waals surface area (Å²) in [5, 5.41) is 26.7. The number of aliphatic hydroxyl groups excluding tert-OH is 1. The number of likely N-dealkylation sites (N-methyl/N-ethyl adjacent to an activating group) is 1. The van der Waals surface area contributed by atoms with E-state index < -0.39 is 5.41 Å². The maximum atomic E-state index is 10.1. The molecule has 198 valence electrons. The fourth-order valence-corrected chi connectivity index (χ4v) is 5.43. The molecule has 38 heavy (non-hydrogen) atoms. The summed E-state index contributed by atoms with van der Waals surface area (Å²) in [5.41, 5.74) is 8.48. The van der Waals surface area contributed by atoms with Crippen LogP contribution in [0.5, 0.6) is 0 Å². The summed E-state index contributed by atoms with van der Waals surface area (Å²) in [4.78, 5) is 11.8. The van der Waals surface area contributed by atoms with E-state index in [2.05, 4.69) is 45.8 Å². The minimum Gasteiger partial charge on any atom is -0.395 e. The Morgan fingerprint density at radius 2 is 2.00 bits per heavy atom. The summed E-state index contributed by atoms with van der Waals surface area (Å²) in [6.45, 7) is 5.42. The molecule has 0 saturated carbocycles. The molecule has 5 rings (SSSR count). The minimum absolute atomic E-state index is 0.00211. The van der Waals surface area contributed by atoms with Crippen molar-refractivity contribution in [3.05, 3.63) is 64.3 Å². The van der Waals surface area contributed by atoms with Gasteiger partial charge in [-0.1, -0.05) is 13.0 Å². The lowest BCUT2D eigenvalue weighted by atomic mass is 9.83. The Hall–Kier alpha value is -3.51. The number of hydrogen-bond donors (Lipinski definition) is 3. The van der Waals surface area contributed by atoms with Gasteiger partial charge in [0.1, 0.15) is 6.07 Å². The molecule has 0 fully saturated rings. The topological polar surface area (TPSA) is 106 Å². The number of hydrogen-bond acceptors (Lipinski definition) is 8. The zero-order valence-corrected chi connectivity index (χ0v) is 22.5. The highest BCUT2D eigenvalue weighted by Gasteiger charge is 2.36. The third-order valence-corrected chi connectivity index (χ3v) is 7.86. The molecule has 3 aromatic rings. The molecule has 3 N–H and O–H groups in total. The van der Waals surface area contributed by atoms with Gasteiger partial charge in [-0.3, -0.25) is 0 Å². The van der Waals surface area contributed by atoms with Crippen LogP contribution in [0, 0.1) is 11.3 Å². The van der Waals surface area contributed by atoms with Crippen LogP contribution in [-0.2, 0) is 29.4 Å². The molecule has 3 heterocycles. The van der Waals surface area contributed by atoms with Crippen LogP contribution in [0.2, 0.25) is 0 Å². The van der Waals surface area contributed by atoms with Gasteiger partial charge in [0, 0.05) is 56.2 Å². The van der Waals surface area contributed by atoms with E-state index in [9.17, 15) is 10.4 Å². The van der Waals surface area contributed by atoms with Crippen LogP contribution in [0.4, 0.5) is 17.3 Å². The molecule has 1 atom stereocenters. The molecule has 0 aliphatic carbocycles. The van der Waals surface area contributed by atoms with Gasteiger partial charge < -0.3 is 25.4 Å². The first-order chi connectivity index (χ1) is 18.4. The van der Waals surface area contributed by atoms with Gasteiger partial charge in [-0.15, -0.1) is 0 Å². The summed E-state index contributed by atoms with van der Waals surface area (Å²) in [7, 11) is 3.92. The molecule has 0 spiro atoms. The Balaban J connectivity index is 1.49. The largest absolute Gasteiger partial charge is 0.395 e. The first-order valence-electron chi connectivity index (χ1n) is 13.3. The Bertz CT molecular complexity index is 1370. The molecule has 8 heteroatoms. The van der Waals surface area contributed by atoms with Crippen molar-refractivity contribution < 1.29 is 9.84 Å². The van der Waals surface area contributed by atoms with Crippen molar-refractivity contribution in [1.29, 1.82) is 5.26 Å². The maximum absolute atomic E-state index is 10.1. The number of aromatic nitrogens is 2. The van der Waals surface area contributed by atoms with E-state index in [1.54, 1.807) is 13.3 Å². The summed E-state index contributed by atoms with van der Waals surface area (Å²) in [5.74, 6) is 0.517. The summed E-state index contributed by atoms with van der Waals surface area (Å²) in [6, 6.07) is 12.7. The number of ether oxygens (including phenoxy) is 1. The Morgan fingerprint density at radius 1 is 1.21 bits per heavy atom. The van der Waals surface area contributed by atoms with Crippen LogP contribution in [0.3, 0.4) is 0 Å². The number of anilines is 3. The van der Waals surface area contributed by atoms with Crippen LogP contribution >= 0.6 is 0 Å². The van der Waals surface area contributed by atoms with Gasteiger partial charge in [0.2, 0.25) is 5.95 Å². The van der Waals surface area contributed by atoms with E-state index in [-0.39, 0.29) is 6.61 Å². The first-order valence-corrected chi connectivity index (χ1v) is 13.3. The van der Waals surface area contributed by atoms with E-state index in [0.29, 0.717) is 24.7 Å². The van der Waals surface area contributed by atoms with E-state index in [1.807, 2.05) is 25.1 Å². The number of aliphatic hydroxyl groups is 1. The highest BCUT2D eigenvalue weighted by atomic mass is 16.5. The van der Waals surface area contributed by atoms with Crippen molar-refractivity contribution in [3.8, 4) is 17.3 Å². The average Bonchev–Trinajstić information content (AvgIpc) is 3.17.